The van der Waals surface area contributed by atoms with Gasteiger partial charge in [-0.15, -0.1) is 0 Å². The predicted molar refractivity (Wildman–Crippen MR) is 80.1 cm³/mol. The van der Waals surface area contributed by atoms with Crippen LogP contribution in [0.3, 0.4) is 0 Å². The molecule has 19 heavy (non-hydrogen) atoms. The Balaban J connectivity index is 2.09. The lowest BCUT2D eigenvalue weighted by Gasteiger charge is -2.22. The van der Waals surface area contributed by atoms with Gasteiger partial charge in [0.2, 0.25) is 0 Å². The third-order valence-corrected chi connectivity index (χ3v) is 5.01. The molecule has 0 saturated carbocycles. The number of nitrogens with zero attached hydrogens (tertiary/aromatic N) is 3. The van der Waals surface area contributed by atoms with Crippen LogP contribution in [0.4, 0.5) is 0 Å². The first-order chi connectivity index (χ1) is 8.93. The molecule has 0 aliphatic carbocycles. The zero-order valence-electron chi connectivity index (χ0n) is 12.1. The molecule has 0 amide bonds. The molecule has 0 spiro atoms. The summed E-state index contributed by atoms with van der Waals surface area (Å²) in [5.74, 6) is 0. The molecule has 2 rings (SSSR count). The topological polar surface area (TPSA) is 41.3 Å². The van der Waals surface area contributed by atoms with Crippen LogP contribution in [0.5, 0.6) is 0 Å². The van der Waals surface area contributed by atoms with Gasteiger partial charge in [-0.05, 0) is 62.5 Å². The Morgan fingerprint density at radius 2 is 2.11 bits per heavy atom. The lowest BCUT2D eigenvalue weighted by Crippen LogP contribution is -2.29. The monoisotopic (exact) mass is 329 g/mol. The molecule has 1 aromatic heterocycles. The third kappa shape index (κ3) is 3.58. The summed E-state index contributed by atoms with van der Waals surface area (Å²) in [5, 5.41) is 14.7. The van der Waals surface area contributed by atoms with Gasteiger partial charge in [0.25, 0.3) is 0 Å². The van der Waals surface area contributed by atoms with Crippen molar-refractivity contribution in [2.24, 2.45) is 0 Å². The van der Waals surface area contributed by atoms with E-state index >= 15 is 0 Å². The van der Waals surface area contributed by atoms with Gasteiger partial charge in [-0.3, -0.25) is 9.58 Å². The second-order valence-electron chi connectivity index (χ2n) is 5.79. The predicted octanol–water partition coefficient (Wildman–Crippen LogP) is 2.71. The third-order valence-electron chi connectivity index (χ3n) is 3.98. The second-order valence-corrected chi connectivity index (χ2v) is 6.58. The minimum Gasteiger partial charge on any atom is -0.390 e. The van der Waals surface area contributed by atoms with E-state index in [0.29, 0.717) is 0 Å². The molecule has 2 heterocycles. The van der Waals surface area contributed by atoms with Crippen LogP contribution in [0.1, 0.15) is 44.5 Å². The van der Waals surface area contributed by atoms with E-state index in [1.807, 2.05) is 13.8 Å². The highest BCUT2D eigenvalue weighted by Gasteiger charge is 2.26. The Morgan fingerprint density at radius 1 is 1.37 bits per heavy atom. The quantitative estimate of drug-likeness (QED) is 0.926. The zero-order valence-corrected chi connectivity index (χ0v) is 13.7. The molecule has 0 aromatic carbocycles. The van der Waals surface area contributed by atoms with Crippen LogP contribution >= 0.6 is 15.9 Å². The maximum absolute atomic E-state index is 10.1. The number of rotatable bonds is 3. The summed E-state index contributed by atoms with van der Waals surface area (Å²) in [6.45, 7) is 9.91. The molecule has 0 radical (unpaired) electrons. The minimum absolute atomic E-state index is 0.493. The van der Waals surface area contributed by atoms with E-state index in [1.54, 1.807) is 0 Å². The molecule has 0 bridgehead atoms. The van der Waals surface area contributed by atoms with Gasteiger partial charge >= 0.3 is 0 Å². The average molecular weight is 330 g/mol. The van der Waals surface area contributed by atoms with E-state index < -0.39 is 5.60 Å². The maximum Gasteiger partial charge on any atom is 0.0739 e. The van der Waals surface area contributed by atoms with Crippen LogP contribution in [0.15, 0.2) is 4.47 Å². The van der Waals surface area contributed by atoms with Gasteiger partial charge in [0.05, 0.1) is 21.5 Å². The first kappa shape index (κ1) is 15.0. The molecule has 4 nitrogen and oxygen atoms in total. The molecule has 108 valence electrons. The summed E-state index contributed by atoms with van der Waals surface area (Å²) in [6.07, 6.45) is 2.81. The van der Waals surface area contributed by atoms with Crippen molar-refractivity contribution in [3.8, 4) is 0 Å². The van der Waals surface area contributed by atoms with Gasteiger partial charge in [0.1, 0.15) is 0 Å². The van der Waals surface area contributed by atoms with Crippen LogP contribution in [0, 0.1) is 6.92 Å². The van der Waals surface area contributed by atoms with Crippen molar-refractivity contribution < 1.29 is 5.11 Å². The molecule has 1 saturated heterocycles. The number of aryl methyl sites for hydroxylation is 2. The van der Waals surface area contributed by atoms with E-state index in [0.717, 1.165) is 55.6 Å². The minimum atomic E-state index is -0.493. The highest BCUT2D eigenvalue weighted by atomic mass is 79.9. The van der Waals surface area contributed by atoms with E-state index in [-0.39, 0.29) is 0 Å². The fraction of sp³-hybridized carbons (Fsp3) is 0.786. The van der Waals surface area contributed by atoms with E-state index in [4.69, 9.17) is 0 Å². The Morgan fingerprint density at radius 3 is 2.79 bits per heavy atom. The number of aromatic nitrogens is 2. The van der Waals surface area contributed by atoms with E-state index in [9.17, 15) is 5.11 Å². The Hall–Kier alpha value is -0.390. The zero-order chi connectivity index (χ0) is 14.0. The molecule has 1 aliphatic rings. The van der Waals surface area contributed by atoms with Crippen LogP contribution in [-0.4, -0.2) is 38.5 Å². The van der Waals surface area contributed by atoms with Crippen LogP contribution in [-0.2, 0) is 13.1 Å². The SMILES string of the molecule is CCn1nc(C)c(Br)c1CN1CCCC(C)(O)CC1. The molecule has 1 N–H and O–H groups in total. The molecule has 1 aromatic rings. The van der Waals surface area contributed by atoms with Gasteiger partial charge in [0.15, 0.2) is 0 Å². The normalized spacial score (nSPS) is 25.5. The average Bonchev–Trinajstić information content (AvgIpc) is 2.52. The van der Waals surface area contributed by atoms with Crippen molar-refractivity contribution in [1.82, 2.24) is 14.7 Å². The highest BCUT2D eigenvalue weighted by molar-refractivity contribution is 9.10. The molecular formula is C14H24BrN3O. The Bertz CT molecular complexity index is 442. The summed E-state index contributed by atoms with van der Waals surface area (Å²) in [5.41, 5.74) is 1.81. The second kappa shape index (κ2) is 5.94. The number of aliphatic hydroxyl groups is 1. The number of halogens is 1. The molecule has 1 fully saturated rings. The van der Waals surface area contributed by atoms with Crippen molar-refractivity contribution in [3.63, 3.8) is 0 Å². The maximum atomic E-state index is 10.1. The van der Waals surface area contributed by atoms with Gasteiger partial charge in [0, 0.05) is 19.6 Å². The standard InChI is InChI=1S/C14H24BrN3O/c1-4-18-12(13(15)11(2)16-18)10-17-8-5-6-14(3,19)7-9-17/h19H,4-10H2,1-3H3. The molecular weight excluding hydrogens is 306 g/mol. The summed E-state index contributed by atoms with van der Waals surface area (Å²) in [4.78, 5) is 2.43. The van der Waals surface area contributed by atoms with Crippen molar-refractivity contribution in [3.05, 3.63) is 15.9 Å². The van der Waals surface area contributed by atoms with Crippen molar-refractivity contribution in [1.29, 1.82) is 0 Å². The smallest absolute Gasteiger partial charge is 0.0739 e. The highest BCUT2D eigenvalue weighted by Crippen LogP contribution is 2.26. The van der Waals surface area contributed by atoms with Gasteiger partial charge < -0.3 is 5.11 Å². The summed E-state index contributed by atoms with van der Waals surface area (Å²) in [7, 11) is 0. The van der Waals surface area contributed by atoms with Gasteiger partial charge in [-0.2, -0.15) is 5.10 Å². The molecule has 1 unspecified atom stereocenters. The first-order valence-corrected chi connectivity index (χ1v) is 7.89. The van der Waals surface area contributed by atoms with Gasteiger partial charge in [-0.1, -0.05) is 0 Å². The molecule has 5 heteroatoms. The summed E-state index contributed by atoms with van der Waals surface area (Å²) in [6, 6.07) is 0. The largest absolute Gasteiger partial charge is 0.390 e. The van der Waals surface area contributed by atoms with Crippen molar-refractivity contribution in [2.45, 2.75) is 58.7 Å². The lowest BCUT2D eigenvalue weighted by molar-refractivity contribution is 0.0443. The van der Waals surface area contributed by atoms with Crippen LogP contribution < -0.4 is 0 Å². The fourth-order valence-corrected chi connectivity index (χ4v) is 3.12. The lowest BCUT2D eigenvalue weighted by atomic mass is 9.98. The number of likely N-dealkylation sites (tertiary alicyclic amines) is 1. The first-order valence-electron chi connectivity index (χ1n) is 7.09. The Kier molecular flexibility index (Phi) is 4.69. The summed E-state index contributed by atoms with van der Waals surface area (Å²) >= 11 is 3.65. The number of hydrogen-bond donors (Lipinski definition) is 1. The number of hydrogen-bond acceptors (Lipinski definition) is 3. The molecule has 1 aliphatic heterocycles. The Labute approximate surface area is 123 Å². The fourth-order valence-electron chi connectivity index (χ4n) is 2.71. The van der Waals surface area contributed by atoms with Crippen LogP contribution in [0.25, 0.3) is 0 Å². The van der Waals surface area contributed by atoms with E-state index in [1.165, 1.54) is 5.69 Å². The van der Waals surface area contributed by atoms with E-state index in [2.05, 4.69) is 37.5 Å². The molecule has 1 atom stereocenters. The summed E-state index contributed by atoms with van der Waals surface area (Å²) < 4.78 is 3.20. The van der Waals surface area contributed by atoms with Gasteiger partial charge in [-0.25, -0.2) is 0 Å². The van der Waals surface area contributed by atoms with Crippen LogP contribution in [0.2, 0.25) is 0 Å². The van der Waals surface area contributed by atoms with Crippen molar-refractivity contribution in [2.75, 3.05) is 13.1 Å². The van der Waals surface area contributed by atoms with Crippen molar-refractivity contribution >= 4 is 15.9 Å².